The van der Waals surface area contributed by atoms with Gasteiger partial charge in [0.25, 0.3) is 0 Å². The van der Waals surface area contributed by atoms with Gasteiger partial charge < -0.3 is 4.74 Å². The van der Waals surface area contributed by atoms with E-state index in [1.807, 2.05) is 24.3 Å². The van der Waals surface area contributed by atoms with Crippen LogP contribution in [0.25, 0.3) is 0 Å². The molecule has 1 heterocycles. The lowest BCUT2D eigenvalue weighted by Crippen LogP contribution is -2.41. The predicted molar refractivity (Wildman–Crippen MR) is 74.6 cm³/mol. The van der Waals surface area contributed by atoms with Crippen molar-refractivity contribution in [3.05, 3.63) is 70.8 Å². The van der Waals surface area contributed by atoms with Crippen molar-refractivity contribution >= 4 is 11.9 Å². The van der Waals surface area contributed by atoms with Gasteiger partial charge in [0.2, 0.25) is 0 Å². The average Bonchev–Trinajstić information content (AvgIpc) is 2.83. The first-order valence-corrected chi connectivity index (χ1v) is 7.20. The van der Waals surface area contributed by atoms with E-state index >= 15 is 0 Å². The molecule has 1 unspecified atom stereocenters. The first-order valence-electron chi connectivity index (χ1n) is 7.20. The Kier molecular flexibility index (Phi) is 1.94. The molecule has 0 spiro atoms. The molecule has 102 valence electrons. The van der Waals surface area contributed by atoms with Crippen molar-refractivity contribution in [2.45, 2.75) is 11.8 Å². The van der Waals surface area contributed by atoms with Crippen molar-refractivity contribution < 1.29 is 14.3 Å². The van der Waals surface area contributed by atoms with Crippen molar-refractivity contribution in [1.29, 1.82) is 0 Å². The van der Waals surface area contributed by atoms with E-state index in [9.17, 15) is 9.59 Å². The second kappa shape index (κ2) is 3.61. The van der Waals surface area contributed by atoms with Gasteiger partial charge >= 0.3 is 11.9 Å². The van der Waals surface area contributed by atoms with E-state index in [1.165, 1.54) is 22.3 Å². The molecule has 1 aliphatic heterocycles. The molecule has 3 aliphatic carbocycles. The lowest BCUT2D eigenvalue weighted by Gasteiger charge is -2.45. The zero-order chi connectivity index (χ0) is 14.1. The number of cyclic esters (lactones) is 2. The van der Waals surface area contributed by atoms with Crippen LogP contribution in [0.3, 0.4) is 0 Å². The summed E-state index contributed by atoms with van der Waals surface area (Å²) in [5, 5.41) is 0. The number of ether oxygens (including phenoxy) is 1. The molecule has 3 heteroatoms. The second-order valence-corrected chi connectivity index (χ2v) is 6.00. The minimum atomic E-state index is -0.357. The molecular weight excluding hydrogens is 264 g/mol. The maximum absolute atomic E-state index is 12.2. The van der Waals surface area contributed by atoms with Gasteiger partial charge in [-0.25, -0.2) is 0 Å². The first kappa shape index (κ1) is 11.3. The molecule has 6 rings (SSSR count). The Morgan fingerprint density at radius 1 is 0.619 bits per heavy atom. The maximum atomic E-state index is 12.2. The molecule has 3 nitrogen and oxygen atoms in total. The van der Waals surface area contributed by atoms with E-state index in [0.717, 1.165) is 0 Å². The zero-order valence-corrected chi connectivity index (χ0v) is 11.2. The zero-order valence-electron chi connectivity index (χ0n) is 11.2. The van der Waals surface area contributed by atoms with E-state index in [-0.39, 0.29) is 35.6 Å². The van der Waals surface area contributed by atoms with Crippen LogP contribution in [0.1, 0.15) is 34.1 Å². The van der Waals surface area contributed by atoms with Gasteiger partial charge in [0, 0.05) is 11.8 Å². The van der Waals surface area contributed by atoms with Crippen LogP contribution >= 0.6 is 0 Å². The topological polar surface area (TPSA) is 43.4 Å². The molecule has 0 N–H and O–H groups in total. The molecule has 2 aromatic rings. The summed E-state index contributed by atoms with van der Waals surface area (Å²) in [6.45, 7) is 0. The minimum Gasteiger partial charge on any atom is -0.393 e. The summed E-state index contributed by atoms with van der Waals surface area (Å²) in [6.07, 6.45) is 0. The van der Waals surface area contributed by atoms with Crippen molar-refractivity contribution in [3.63, 3.8) is 0 Å². The molecule has 2 atom stereocenters. The van der Waals surface area contributed by atoms with Crippen molar-refractivity contribution in [2.24, 2.45) is 11.8 Å². The van der Waals surface area contributed by atoms with Gasteiger partial charge in [-0.2, -0.15) is 0 Å². The number of benzene rings is 2. The van der Waals surface area contributed by atoms with Gasteiger partial charge in [0.1, 0.15) is 0 Å². The van der Waals surface area contributed by atoms with Crippen LogP contribution < -0.4 is 0 Å². The lowest BCUT2D eigenvalue weighted by molar-refractivity contribution is -0.153. The van der Waals surface area contributed by atoms with E-state index in [4.69, 9.17) is 4.74 Å². The number of carbonyl (C=O) groups excluding carboxylic acids is 2. The van der Waals surface area contributed by atoms with Crippen LogP contribution in [0.4, 0.5) is 0 Å². The summed E-state index contributed by atoms with van der Waals surface area (Å²) in [6, 6.07) is 16.3. The lowest BCUT2D eigenvalue weighted by atomic mass is 9.55. The fourth-order valence-electron chi connectivity index (χ4n) is 4.48. The van der Waals surface area contributed by atoms with Crippen molar-refractivity contribution in [3.8, 4) is 0 Å². The first-order chi connectivity index (χ1) is 10.3. The molecule has 2 bridgehead atoms. The van der Waals surface area contributed by atoms with Gasteiger partial charge in [0.05, 0.1) is 11.8 Å². The summed E-state index contributed by atoms with van der Waals surface area (Å²) >= 11 is 0. The molecule has 4 aliphatic rings. The highest BCUT2D eigenvalue weighted by Crippen LogP contribution is 2.60. The molecule has 0 aromatic heterocycles. The number of esters is 2. The molecule has 1 fully saturated rings. The SMILES string of the molecule is O=C1OC(=O)[C@H]2C3c4ccccc4C(c4ccccc43)C12. The quantitative estimate of drug-likeness (QED) is 0.548. The summed E-state index contributed by atoms with van der Waals surface area (Å²) in [5.74, 6) is -1.52. The van der Waals surface area contributed by atoms with Gasteiger partial charge in [-0.3, -0.25) is 9.59 Å². The smallest absolute Gasteiger partial charge is 0.318 e. The Labute approximate surface area is 121 Å². The minimum absolute atomic E-state index is 0.0497. The monoisotopic (exact) mass is 276 g/mol. The van der Waals surface area contributed by atoms with Gasteiger partial charge in [-0.15, -0.1) is 0 Å². The van der Waals surface area contributed by atoms with Gasteiger partial charge in [-0.05, 0) is 22.3 Å². The highest BCUT2D eigenvalue weighted by molar-refractivity contribution is 5.99. The molecule has 0 radical (unpaired) electrons. The van der Waals surface area contributed by atoms with Crippen LogP contribution in [-0.4, -0.2) is 11.9 Å². The molecular formula is C18H12O3. The predicted octanol–water partition coefficient (Wildman–Crippen LogP) is 2.59. The number of hydrogen-bond acceptors (Lipinski definition) is 3. The Balaban J connectivity index is 1.88. The summed E-state index contributed by atoms with van der Waals surface area (Å²) in [4.78, 5) is 24.4. The molecule has 21 heavy (non-hydrogen) atoms. The number of hydrogen-bond donors (Lipinski definition) is 0. The van der Waals surface area contributed by atoms with Crippen LogP contribution in [-0.2, 0) is 14.3 Å². The van der Waals surface area contributed by atoms with Crippen LogP contribution in [0.15, 0.2) is 48.5 Å². The van der Waals surface area contributed by atoms with E-state index < -0.39 is 0 Å². The summed E-state index contributed by atoms with van der Waals surface area (Å²) < 4.78 is 4.97. The van der Waals surface area contributed by atoms with E-state index in [0.29, 0.717) is 0 Å². The van der Waals surface area contributed by atoms with E-state index in [1.54, 1.807) is 0 Å². The van der Waals surface area contributed by atoms with Gasteiger partial charge in [0.15, 0.2) is 0 Å². The maximum Gasteiger partial charge on any atom is 0.318 e. The third kappa shape index (κ3) is 1.20. The molecule has 0 amide bonds. The van der Waals surface area contributed by atoms with E-state index in [2.05, 4.69) is 24.3 Å². The summed E-state index contributed by atoms with van der Waals surface area (Å²) in [7, 11) is 0. The molecule has 0 saturated carbocycles. The largest absolute Gasteiger partial charge is 0.393 e. The van der Waals surface area contributed by atoms with Crippen molar-refractivity contribution in [1.82, 2.24) is 0 Å². The summed E-state index contributed by atoms with van der Waals surface area (Å²) in [5.41, 5.74) is 4.70. The Hall–Kier alpha value is -2.42. The van der Waals surface area contributed by atoms with Crippen LogP contribution in [0.5, 0.6) is 0 Å². The van der Waals surface area contributed by atoms with Crippen LogP contribution in [0.2, 0.25) is 0 Å². The average molecular weight is 276 g/mol. The Morgan fingerprint density at radius 3 is 1.29 bits per heavy atom. The highest BCUT2D eigenvalue weighted by atomic mass is 16.6. The van der Waals surface area contributed by atoms with Gasteiger partial charge in [-0.1, -0.05) is 48.5 Å². The Morgan fingerprint density at radius 2 is 0.952 bits per heavy atom. The third-order valence-electron chi connectivity index (χ3n) is 5.18. The number of carbonyl (C=O) groups is 2. The molecule has 1 saturated heterocycles. The highest BCUT2D eigenvalue weighted by Gasteiger charge is 2.60. The van der Waals surface area contributed by atoms with Crippen LogP contribution in [0, 0.1) is 11.8 Å². The third-order valence-corrected chi connectivity index (χ3v) is 5.18. The standard InChI is InChI=1S/C18H12O3/c19-17-15-13-9-5-1-2-6-10(9)14(16(15)18(20)21-17)12-8-4-3-7-11(12)13/h1-8,13-16H/t13?,14?,15-,16?/m0/s1. The fourth-order valence-corrected chi connectivity index (χ4v) is 4.48. The normalized spacial score (nSPS) is 31.4. The fraction of sp³-hybridized carbons (Fsp3) is 0.222. The second-order valence-electron chi connectivity index (χ2n) is 6.00. The van der Waals surface area contributed by atoms with Crippen molar-refractivity contribution in [2.75, 3.05) is 0 Å². The molecule has 2 aromatic carbocycles. The number of rotatable bonds is 0. The Bertz CT molecular complexity index is 694.